The number of halogens is 4. The van der Waals surface area contributed by atoms with Crippen molar-refractivity contribution in [3.63, 3.8) is 0 Å². The van der Waals surface area contributed by atoms with Crippen LogP contribution >= 0.6 is 0 Å². The summed E-state index contributed by atoms with van der Waals surface area (Å²) in [5, 5.41) is 3.51. The van der Waals surface area contributed by atoms with E-state index in [1.54, 1.807) is 13.8 Å². The Kier molecular flexibility index (Phi) is 4.46. The molecule has 1 aromatic rings. The quantitative estimate of drug-likeness (QED) is 0.787. The molecule has 2 unspecified atom stereocenters. The maximum atomic E-state index is 14.4. The van der Waals surface area contributed by atoms with Gasteiger partial charge < -0.3 is 9.57 Å². The highest BCUT2D eigenvalue weighted by atomic mass is 32.2. The molecule has 0 radical (unpaired) electrons. The van der Waals surface area contributed by atoms with Crippen LogP contribution in [0.3, 0.4) is 0 Å². The van der Waals surface area contributed by atoms with Gasteiger partial charge in [0.15, 0.2) is 5.04 Å². The van der Waals surface area contributed by atoms with Crippen LogP contribution < -0.4 is 4.74 Å². The molecule has 0 fully saturated rings. The van der Waals surface area contributed by atoms with E-state index in [4.69, 9.17) is 4.84 Å². The molecule has 1 aliphatic rings. The summed E-state index contributed by atoms with van der Waals surface area (Å²) in [5.74, 6) is -0.727. The predicted octanol–water partition coefficient (Wildman–Crippen LogP) is 3.81. The minimum absolute atomic E-state index is 0.0423. The highest BCUT2D eigenvalue weighted by Crippen LogP contribution is 2.36. The van der Waals surface area contributed by atoms with Crippen LogP contribution in [0.2, 0.25) is 0 Å². The number of hydrogen-bond donors (Lipinski definition) is 0. The van der Waals surface area contributed by atoms with Crippen molar-refractivity contribution in [1.29, 1.82) is 0 Å². The van der Waals surface area contributed by atoms with Gasteiger partial charge in [-0.25, -0.2) is 8.60 Å². The standard InChI is InChI=1S/C13H13F4NO3S/c1-12(2)7-10(18-21-12)22(19)11(14)8-5-3-4-6-9(8)20-13(15,16)17/h3-6,11H,7H2,1-2H3. The normalized spacial score (nSPS) is 20.0. The van der Waals surface area contributed by atoms with Gasteiger partial charge in [-0.2, -0.15) is 0 Å². The van der Waals surface area contributed by atoms with Gasteiger partial charge in [-0.05, 0) is 19.9 Å². The van der Waals surface area contributed by atoms with Gasteiger partial charge in [0.25, 0.3) is 0 Å². The molecular weight excluding hydrogens is 326 g/mol. The summed E-state index contributed by atoms with van der Waals surface area (Å²) in [4.78, 5) is 4.99. The van der Waals surface area contributed by atoms with Gasteiger partial charge >= 0.3 is 6.36 Å². The van der Waals surface area contributed by atoms with Crippen LogP contribution in [-0.2, 0) is 15.6 Å². The minimum atomic E-state index is -4.96. The number of ether oxygens (including phenoxy) is 1. The fraction of sp³-hybridized carbons (Fsp3) is 0.462. The molecule has 4 nitrogen and oxygen atoms in total. The lowest BCUT2D eigenvalue weighted by atomic mass is 10.1. The molecule has 0 spiro atoms. The number of para-hydroxylation sites is 1. The van der Waals surface area contributed by atoms with E-state index in [-0.39, 0.29) is 11.5 Å². The molecule has 2 atom stereocenters. The van der Waals surface area contributed by atoms with E-state index in [1.165, 1.54) is 12.1 Å². The molecule has 22 heavy (non-hydrogen) atoms. The van der Waals surface area contributed by atoms with Crippen molar-refractivity contribution in [1.82, 2.24) is 0 Å². The molecule has 0 N–H and O–H groups in total. The average Bonchev–Trinajstić information content (AvgIpc) is 2.76. The summed E-state index contributed by atoms with van der Waals surface area (Å²) in [5.41, 5.74) is -3.37. The highest BCUT2D eigenvalue weighted by Gasteiger charge is 2.38. The molecule has 0 aromatic heterocycles. The molecule has 2 rings (SSSR count). The average molecular weight is 339 g/mol. The largest absolute Gasteiger partial charge is 0.573 e. The van der Waals surface area contributed by atoms with Crippen LogP contribution in [0.1, 0.15) is 31.3 Å². The molecular formula is C13H13F4NO3S. The van der Waals surface area contributed by atoms with Gasteiger partial charge in [0, 0.05) is 12.0 Å². The molecule has 122 valence electrons. The molecule has 1 aliphatic heterocycles. The van der Waals surface area contributed by atoms with Crippen LogP contribution in [0.5, 0.6) is 5.75 Å². The monoisotopic (exact) mass is 339 g/mol. The van der Waals surface area contributed by atoms with Crippen molar-refractivity contribution < 1.29 is 31.3 Å². The molecule has 1 aromatic carbocycles. The second-order valence-electron chi connectivity index (χ2n) is 5.21. The van der Waals surface area contributed by atoms with E-state index < -0.39 is 39.6 Å². The van der Waals surface area contributed by atoms with E-state index in [2.05, 4.69) is 9.89 Å². The number of nitrogens with zero attached hydrogens (tertiary/aromatic N) is 1. The summed E-state index contributed by atoms with van der Waals surface area (Å²) in [6.07, 6.45) is -4.84. The number of benzene rings is 1. The summed E-state index contributed by atoms with van der Waals surface area (Å²) in [6, 6.07) is 4.65. The molecule has 9 heteroatoms. The Labute approximate surface area is 126 Å². The van der Waals surface area contributed by atoms with Gasteiger partial charge in [-0.15, -0.1) is 13.2 Å². The topological polar surface area (TPSA) is 47.9 Å². The number of alkyl halides is 4. The predicted molar refractivity (Wildman–Crippen MR) is 72.3 cm³/mol. The van der Waals surface area contributed by atoms with Gasteiger partial charge in [0.2, 0.25) is 5.50 Å². The Morgan fingerprint density at radius 3 is 2.55 bits per heavy atom. The van der Waals surface area contributed by atoms with Gasteiger partial charge in [-0.3, -0.25) is 0 Å². The Morgan fingerprint density at radius 2 is 2.00 bits per heavy atom. The summed E-state index contributed by atoms with van der Waals surface area (Å²) in [7, 11) is -2.27. The van der Waals surface area contributed by atoms with Crippen LogP contribution in [0.25, 0.3) is 0 Å². The number of hydrogen-bond acceptors (Lipinski definition) is 4. The van der Waals surface area contributed by atoms with Gasteiger partial charge in [0.1, 0.15) is 22.2 Å². The van der Waals surface area contributed by atoms with Crippen molar-refractivity contribution in [3.05, 3.63) is 29.8 Å². The first kappa shape index (κ1) is 16.7. The van der Waals surface area contributed by atoms with Crippen LogP contribution in [0, 0.1) is 0 Å². The maximum absolute atomic E-state index is 14.4. The van der Waals surface area contributed by atoms with Crippen LogP contribution in [-0.4, -0.2) is 21.2 Å². The zero-order valence-electron chi connectivity index (χ0n) is 11.7. The Hall–Kier alpha value is -1.64. The lowest BCUT2D eigenvalue weighted by Gasteiger charge is -2.16. The first-order valence-corrected chi connectivity index (χ1v) is 7.45. The fourth-order valence-electron chi connectivity index (χ4n) is 1.83. The Balaban J connectivity index is 2.23. The number of rotatable bonds is 3. The minimum Gasteiger partial charge on any atom is -0.405 e. The lowest BCUT2D eigenvalue weighted by molar-refractivity contribution is -0.275. The molecule has 0 aliphatic carbocycles. The zero-order chi connectivity index (χ0) is 16.5. The van der Waals surface area contributed by atoms with E-state index in [0.29, 0.717) is 0 Å². The maximum Gasteiger partial charge on any atom is 0.573 e. The summed E-state index contributed by atoms with van der Waals surface area (Å²) >= 11 is 0. The first-order valence-electron chi connectivity index (χ1n) is 6.23. The van der Waals surface area contributed by atoms with Crippen molar-refractivity contribution in [2.24, 2.45) is 5.16 Å². The van der Waals surface area contributed by atoms with E-state index in [9.17, 15) is 21.8 Å². The van der Waals surface area contributed by atoms with Crippen molar-refractivity contribution in [3.8, 4) is 5.75 Å². The van der Waals surface area contributed by atoms with Gasteiger partial charge in [0.05, 0.1) is 0 Å². The molecule has 0 bridgehead atoms. The second kappa shape index (κ2) is 5.86. The van der Waals surface area contributed by atoms with Crippen LogP contribution in [0.15, 0.2) is 29.4 Å². The third kappa shape index (κ3) is 3.96. The van der Waals surface area contributed by atoms with Crippen LogP contribution in [0.4, 0.5) is 17.6 Å². The lowest BCUT2D eigenvalue weighted by Crippen LogP contribution is -2.22. The second-order valence-corrected chi connectivity index (χ2v) is 6.69. The fourth-order valence-corrected chi connectivity index (χ4v) is 3.10. The Bertz CT molecular complexity index is 616. The molecule has 0 saturated heterocycles. The number of oxime groups is 1. The summed E-state index contributed by atoms with van der Waals surface area (Å²) < 4.78 is 67.3. The third-order valence-corrected chi connectivity index (χ3v) is 4.09. The first-order chi connectivity index (χ1) is 10.1. The van der Waals surface area contributed by atoms with E-state index in [0.717, 1.165) is 12.1 Å². The van der Waals surface area contributed by atoms with Crippen molar-refractivity contribution in [2.45, 2.75) is 37.7 Å². The van der Waals surface area contributed by atoms with Gasteiger partial charge in [-0.1, -0.05) is 23.4 Å². The SMILES string of the molecule is CC1(C)CC(S(=O)C(F)c2ccccc2OC(F)(F)F)=NO1. The van der Waals surface area contributed by atoms with Crippen molar-refractivity contribution >= 4 is 15.8 Å². The summed E-state index contributed by atoms with van der Waals surface area (Å²) in [6.45, 7) is 3.35. The third-order valence-electron chi connectivity index (χ3n) is 2.78. The highest BCUT2D eigenvalue weighted by molar-refractivity contribution is 8.00. The Morgan fingerprint density at radius 1 is 1.36 bits per heavy atom. The molecule has 0 saturated carbocycles. The van der Waals surface area contributed by atoms with E-state index >= 15 is 0 Å². The molecule has 0 amide bonds. The molecule has 1 heterocycles. The zero-order valence-corrected chi connectivity index (χ0v) is 12.5. The van der Waals surface area contributed by atoms with E-state index in [1.807, 2.05) is 0 Å². The van der Waals surface area contributed by atoms with Crippen molar-refractivity contribution in [2.75, 3.05) is 0 Å². The smallest absolute Gasteiger partial charge is 0.405 e.